The minimum absolute atomic E-state index is 0.0413. The van der Waals surface area contributed by atoms with Crippen LogP contribution in [0.4, 0.5) is 33.1 Å². The summed E-state index contributed by atoms with van der Waals surface area (Å²) >= 11 is 9.24. The van der Waals surface area contributed by atoms with Gasteiger partial charge in [0.1, 0.15) is 12.1 Å². The van der Waals surface area contributed by atoms with Crippen molar-refractivity contribution in [2.75, 3.05) is 10.6 Å². The van der Waals surface area contributed by atoms with Crippen LogP contribution in [0, 0.1) is 22.9 Å². The molecule has 0 aliphatic carbocycles. The van der Waals surface area contributed by atoms with Gasteiger partial charge < -0.3 is 10.6 Å². The van der Waals surface area contributed by atoms with E-state index in [1.807, 2.05) is 0 Å². The lowest BCUT2D eigenvalue weighted by molar-refractivity contribution is -0.383. The molecule has 27 heavy (non-hydrogen) atoms. The van der Waals surface area contributed by atoms with Gasteiger partial charge in [0.15, 0.2) is 0 Å². The molecule has 10 heteroatoms. The van der Waals surface area contributed by atoms with E-state index in [-0.39, 0.29) is 17.3 Å². The molecule has 0 radical (unpaired) electrons. The molecule has 0 unspecified atom stereocenters. The summed E-state index contributed by atoms with van der Waals surface area (Å²) in [6.45, 7) is 1.77. The van der Waals surface area contributed by atoms with Crippen LogP contribution in [0.25, 0.3) is 0 Å². The number of hydrogen-bond acceptors (Lipinski definition) is 6. The summed E-state index contributed by atoms with van der Waals surface area (Å²) < 4.78 is 14.6. The van der Waals surface area contributed by atoms with Crippen LogP contribution in [0.2, 0.25) is 5.02 Å². The number of rotatable bonds is 5. The fourth-order valence-corrected chi connectivity index (χ4v) is 2.83. The fourth-order valence-electron chi connectivity index (χ4n) is 2.32. The Morgan fingerprint density at radius 2 is 1.81 bits per heavy atom. The lowest BCUT2D eigenvalue weighted by atomic mass is 10.2. The highest BCUT2D eigenvalue weighted by molar-refractivity contribution is 9.10. The summed E-state index contributed by atoms with van der Waals surface area (Å²) in [5, 5.41) is 17.7. The Kier molecular flexibility index (Phi) is 5.52. The van der Waals surface area contributed by atoms with Gasteiger partial charge in [0.25, 0.3) is 0 Å². The molecule has 3 aromatic rings. The summed E-state index contributed by atoms with van der Waals surface area (Å²) in [5.41, 5.74) is 0.898. The molecule has 0 saturated carbocycles. The van der Waals surface area contributed by atoms with Gasteiger partial charge in [0, 0.05) is 15.2 Å². The lowest BCUT2D eigenvalue weighted by Gasteiger charge is -2.12. The third-order valence-corrected chi connectivity index (χ3v) is 4.61. The first-order chi connectivity index (χ1) is 12.9. The number of benzene rings is 2. The molecule has 0 aliphatic heterocycles. The zero-order valence-electron chi connectivity index (χ0n) is 13.8. The zero-order chi connectivity index (χ0) is 19.6. The predicted octanol–water partition coefficient (Wildman–Crippen LogP) is 5.74. The highest BCUT2D eigenvalue weighted by Crippen LogP contribution is 2.35. The van der Waals surface area contributed by atoms with E-state index in [2.05, 4.69) is 36.5 Å². The van der Waals surface area contributed by atoms with Crippen molar-refractivity contribution in [3.05, 3.63) is 73.7 Å². The van der Waals surface area contributed by atoms with Gasteiger partial charge in [-0.05, 0) is 42.8 Å². The number of halogens is 3. The van der Waals surface area contributed by atoms with Crippen LogP contribution in [-0.4, -0.2) is 14.9 Å². The maximum atomic E-state index is 14.1. The van der Waals surface area contributed by atoms with E-state index in [0.29, 0.717) is 20.7 Å². The van der Waals surface area contributed by atoms with Crippen LogP contribution in [0.5, 0.6) is 0 Å². The standard InChI is InChI=1S/C17H12BrClFN5O2/c1-9-11(19)3-2-4-13(9)23-16-15(25(26)27)17(22-8-21-16)24-14-6-5-10(18)7-12(14)20/h2-8H,1H3,(H2,21,22,23,24). The quantitative estimate of drug-likeness (QED) is 0.379. The van der Waals surface area contributed by atoms with E-state index in [0.717, 1.165) is 6.33 Å². The molecule has 0 fully saturated rings. The molecule has 7 nitrogen and oxygen atoms in total. The van der Waals surface area contributed by atoms with Crippen molar-refractivity contribution in [2.45, 2.75) is 6.92 Å². The average Bonchev–Trinajstić information content (AvgIpc) is 2.61. The summed E-state index contributed by atoms with van der Waals surface area (Å²) in [6, 6.07) is 9.42. The van der Waals surface area contributed by atoms with E-state index < -0.39 is 16.4 Å². The van der Waals surface area contributed by atoms with Gasteiger partial charge in [-0.15, -0.1) is 0 Å². The maximum absolute atomic E-state index is 14.1. The summed E-state index contributed by atoms with van der Waals surface area (Å²) in [5.74, 6) is -0.767. The SMILES string of the molecule is Cc1c(Cl)cccc1Nc1ncnc(Nc2ccc(Br)cc2F)c1[N+](=O)[O-]. The topological polar surface area (TPSA) is 93.0 Å². The number of nitro groups is 1. The number of hydrogen-bond donors (Lipinski definition) is 2. The van der Waals surface area contributed by atoms with Gasteiger partial charge in [0.2, 0.25) is 11.6 Å². The molecule has 0 bridgehead atoms. The van der Waals surface area contributed by atoms with Crippen molar-refractivity contribution >= 4 is 56.2 Å². The smallest absolute Gasteiger partial charge is 0.334 e. The number of anilines is 4. The van der Waals surface area contributed by atoms with Crippen molar-refractivity contribution in [2.24, 2.45) is 0 Å². The van der Waals surface area contributed by atoms with Crippen LogP contribution >= 0.6 is 27.5 Å². The molecule has 2 N–H and O–H groups in total. The Bertz CT molecular complexity index is 1030. The molecule has 1 heterocycles. The third-order valence-electron chi connectivity index (χ3n) is 3.71. The molecule has 1 aromatic heterocycles. The minimum atomic E-state index is -0.638. The molecule has 0 amide bonds. The van der Waals surface area contributed by atoms with Gasteiger partial charge >= 0.3 is 5.69 Å². The van der Waals surface area contributed by atoms with Crippen molar-refractivity contribution in [1.82, 2.24) is 9.97 Å². The molecule has 2 aromatic carbocycles. The highest BCUT2D eigenvalue weighted by atomic mass is 79.9. The van der Waals surface area contributed by atoms with Crippen LogP contribution in [0.3, 0.4) is 0 Å². The molecular formula is C17H12BrClFN5O2. The van der Waals surface area contributed by atoms with E-state index in [1.54, 1.807) is 31.2 Å². The Morgan fingerprint density at radius 1 is 1.15 bits per heavy atom. The second-order valence-corrected chi connectivity index (χ2v) is 6.79. The number of aromatic nitrogens is 2. The Labute approximate surface area is 166 Å². The Balaban J connectivity index is 2.02. The van der Waals surface area contributed by atoms with E-state index in [4.69, 9.17) is 11.6 Å². The van der Waals surface area contributed by atoms with Gasteiger partial charge in [-0.3, -0.25) is 10.1 Å². The third kappa shape index (κ3) is 4.15. The predicted molar refractivity (Wildman–Crippen MR) is 106 cm³/mol. The van der Waals surface area contributed by atoms with Crippen LogP contribution in [-0.2, 0) is 0 Å². The molecule has 0 atom stereocenters. The maximum Gasteiger partial charge on any atom is 0.353 e. The first-order valence-corrected chi connectivity index (χ1v) is 8.77. The van der Waals surface area contributed by atoms with Gasteiger partial charge in [-0.1, -0.05) is 33.6 Å². The first-order valence-electron chi connectivity index (χ1n) is 7.60. The Morgan fingerprint density at radius 3 is 2.44 bits per heavy atom. The minimum Gasteiger partial charge on any atom is -0.334 e. The zero-order valence-corrected chi connectivity index (χ0v) is 16.2. The summed E-state index contributed by atoms with van der Waals surface area (Å²) in [7, 11) is 0. The lowest BCUT2D eigenvalue weighted by Crippen LogP contribution is -2.06. The number of nitrogens with zero attached hydrogens (tertiary/aromatic N) is 3. The van der Waals surface area contributed by atoms with Crippen LogP contribution in [0.15, 0.2) is 47.2 Å². The van der Waals surface area contributed by atoms with E-state index >= 15 is 0 Å². The molecule has 0 aliphatic rings. The normalized spacial score (nSPS) is 10.5. The van der Waals surface area contributed by atoms with Crippen molar-refractivity contribution < 1.29 is 9.31 Å². The summed E-state index contributed by atoms with van der Waals surface area (Å²) in [4.78, 5) is 18.8. The van der Waals surface area contributed by atoms with Gasteiger partial charge in [-0.25, -0.2) is 14.4 Å². The fraction of sp³-hybridized carbons (Fsp3) is 0.0588. The highest BCUT2D eigenvalue weighted by Gasteiger charge is 2.24. The van der Waals surface area contributed by atoms with Crippen molar-refractivity contribution in [1.29, 1.82) is 0 Å². The van der Waals surface area contributed by atoms with E-state index in [9.17, 15) is 14.5 Å². The van der Waals surface area contributed by atoms with Gasteiger partial charge in [0.05, 0.1) is 10.6 Å². The monoisotopic (exact) mass is 451 g/mol. The largest absolute Gasteiger partial charge is 0.353 e. The van der Waals surface area contributed by atoms with Crippen LogP contribution < -0.4 is 10.6 Å². The molecule has 0 spiro atoms. The Hall–Kier alpha value is -2.78. The summed E-state index contributed by atoms with van der Waals surface area (Å²) in [6.07, 6.45) is 1.15. The number of nitrogens with one attached hydrogen (secondary N) is 2. The first kappa shape index (κ1) is 19.0. The molecule has 3 rings (SSSR count). The van der Waals surface area contributed by atoms with Gasteiger partial charge in [-0.2, -0.15) is 0 Å². The van der Waals surface area contributed by atoms with Crippen molar-refractivity contribution in [3.8, 4) is 0 Å². The van der Waals surface area contributed by atoms with Crippen LogP contribution in [0.1, 0.15) is 5.56 Å². The molecule has 0 saturated heterocycles. The average molecular weight is 453 g/mol. The molecular weight excluding hydrogens is 441 g/mol. The molecule has 138 valence electrons. The van der Waals surface area contributed by atoms with Crippen molar-refractivity contribution in [3.63, 3.8) is 0 Å². The second kappa shape index (κ2) is 7.85. The van der Waals surface area contributed by atoms with E-state index in [1.165, 1.54) is 12.1 Å². The second-order valence-electron chi connectivity index (χ2n) is 5.46.